The minimum Gasteiger partial charge on any atom is -0.384 e. The Balaban J connectivity index is 2.12. The van der Waals surface area contributed by atoms with Gasteiger partial charge < -0.3 is 14.6 Å². The molecule has 2 rings (SSSR count). The van der Waals surface area contributed by atoms with Gasteiger partial charge in [0, 0.05) is 23.8 Å². The number of amides is 1. The second kappa shape index (κ2) is 7.26. The fourth-order valence-electron chi connectivity index (χ4n) is 3.12. The molecule has 1 saturated carbocycles. The van der Waals surface area contributed by atoms with Crippen LogP contribution in [0.2, 0.25) is 0 Å². The average Bonchev–Trinajstić information content (AvgIpc) is 3.18. The summed E-state index contributed by atoms with van der Waals surface area (Å²) >= 11 is 0. The monoisotopic (exact) mass is 374 g/mol. The molecule has 0 atom stereocenters. The van der Waals surface area contributed by atoms with E-state index in [-0.39, 0.29) is 16.5 Å². The van der Waals surface area contributed by atoms with Crippen molar-refractivity contribution in [1.82, 2.24) is 5.16 Å². The minimum atomic E-state index is -3.08. The largest absolute Gasteiger partial charge is 0.384 e. The number of methoxy groups -OCH3 is 1. The highest BCUT2D eigenvalue weighted by molar-refractivity contribution is 8.26. The van der Waals surface area contributed by atoms with Crippen LogP contribution in [0.15, 0.2) is 10.6 Å². The van der Waals surface area contributed by atoms with Crippen LogP contribution in [0.25, 0.3) is 0 Å². The predicted molar refractivity (Wildman–Crippen MR) is 99.2 cm³/mol. The molecule has 0 bridgehead atoms. The zero-order chi connectivity index (χ0) is 18.9. The van der Waals surface area contributed by atoms with E-state index >= 15 is 0 Å². The lowest BCUT2D eigenvalue weighted by Gasteiger charge is -2.49. The summed E-state index contributed by atoms with van der Waals surface area (Å²) in [6, 6.07) is 1.65. The second-order valence-corrected chi connectivity index (χ2v) is 10.7. The topological polar surface area (TPSA) is 105 Å². The van der Waals surface area contributed by atoms with Crippen LogP contribution in [0.1, 0.15) is 59.1 Å². The number of ether oxygens (including phenoxy) is 1. The van der Waals surface area contributed by atoms with Crippen molar-refractivity contribution in [2.24, 2.45) is 0 Å². The Bertz CT molecular complexity index is 606. The Hall–Kier alpha value is -1.09. The lowest BCUT2D eigenvalue weighted by atomic mass is 9.91. The maximum atomic E-state index is 12.7. The Kier molecular flexibility index (Phi) is 5.88. The molecule has 25 heavy (non-hydrogen) atoms. The summed E-state index contributed by atoms with van der Waals surface area (Å²) < 4.78 is 30.6. The van der Waals surface area contributed by atoms with Crippen LogP contribution in [-0.4, -0.2) is 43.9 Å². The summed E-state index contributed by atoms with van der Waals surface area (Å²) in [7, 11) is -1.47. The highest BCUT2D eigenvalue weighted by Gasteiger charge is 2.47. The van der Waals surface area contributed by atoms with Gasteiger partial charge in [0.05, 0.1) is 6.61 Å². The van der Waals surface area contributed by atoms with Crippen molar-refractivity contribution in [3.05, 3.63) is 11.8 Å². The van der Waals surface area contributed by atoms with Gasteiger partial charge in [-0.25, -0.2) is 0 Å². The Morgan fingerprint density at radius 1 is 1.36 bits per heavy atom. The van der Waals surface area contributed by atoms with E-state index in [0.717, 1.165) is 25.7 Å². The first kappa shape index (κ1) is 20.2. The number of nitrogens with one attached hydrogen (secondary N) is 1. The van der Waals surface area contributed by atoms with Crippen molar-refractivity contribution in [2.45, 2.75) is 68.8 Å². The van der Waals surface area contributed by atoms with Crippen LogP contribution in [-0.2, 0) is 14.9 Å². The predicted octanol–water partition coefficient (Wildman–Crippen LogP) is 4.01. The highest BCUT2D eigenvalue weighted by atomic mass is 32.3. The van der Waals surface area contributed by atoms with Crippen LogP contribution in [0.3, 0.4) is 0 Å². The molecule has 0 aromatic carbocycles. The van der Waals surface area contributed by atoms with Crippen LogP contribution in [0, 0.1) is 0 Å². The van der Waals surface area contributed by atoms with Crippen molar-refractivity contribution in [3.63, 3.8) is 0 Å². The van der Waals surface area contributed by atoms with Gasteiger partial charge in [-0.2, -0.15) is 10.6 Å². The molecule has 1 aliphatic rings. The minimum absolute atomic E-state index is 0.221. The maximum absolute atomic E-state index is 12.7. The first-order valence-electron chi connectivity index (χ1n) is 8.56. The molecule has 0 aliphatic heterocycles. The second-order valence-electron chi connectivity index (χ2n) is 7.86. The quantitative estimate of drug-likeness (QED) is 0.666. The normalized spacial score (nSPS) is 17.7. The number of nitrogens with zero attached hydrogens (tertiary/aromatic N) is 1. The Morgan fingerprint density at radius 3 is 2.52 bits per heavy atom. The first-order chi connectivity index (χ1) is 11.5. The average molecular weight is 375 g/mol. The van der Waals surface area contributed by atoms with E-state index in [2.05, 4.69) is 10.5 Å². The van der Waals surface area contributed by atoms with Gasteiger partial charge in [0.1, 0.15) is 10.5 Å². The lowest BCUT2D eigenvalue weighted by molar-refractivity contribution is -0.118. The van der Waals surface area contributed by atoms with Crippen molar-refractivity contribution in [2.75, 3.05) is 19.0 Å². The van der Waals surface area contributed by atoms with E-state index in [1.165, 1.54) is 0 Å². The Morgan fingerprint density at radius 2 is 1.96 bits per heavy atom. The molecular formula is C17H30N2O5S. The van der Waals surface area contributed by atoms with E-state index < -0.39 is 21.2 Å². The summed E-state index contributed by atoms with van der Waals surface area (Å²) in [6.45, 7) is 7.49. The Labute approximate surface area is 150 Å². The molecule has 8 heteroatoms. The fraction of sp³-hybridized carbons (Fsp3) is 0.765. The summed E-state index contributed by atoms with van der Waals surface area (Å²) in [5, 5.41) is 6.32. The number of aromatic nitrogens is 1. The molecule has 0 spiro atoms. The van der Waals surface area contributed by atoms with Gasteiger partial charge in [0.15, 0.2) is 5.82 Å². The number of anilines is 1. The molecule has 0 radical (unpaired) electrons. The maximum Gasteiger partial charge on any atom is 0.250 e. The van der Waals surface area contributed by atoms with Gasteiger partial charge in [0.25, 0.3) is 0 Å². The molecule has 1 aliphatic carbocycles. The van der Waals surface area contributed by atoms with E-state index in [1.807, 2.05) is 13.8 Å². The molecular weight excluding hydrogens is 344 g/mol. The van der Waals surface area contributed by atoms with Crippen LogP contribution < -0.4 is 5.32 Å². The van der Waals surface area contributed by atoms with Gasteiger partial charge in [-0.1, -0.05) is 31.8 Å². The fourth-order valence-corrected chi connectivity index (χ4v) is 5.27. The smallest absolute Gasteiger partial charge is 0.250 e. The summed E-state index contributed by atoms with van der Waals surface area (Å²) in [6.07, 6.45) is 3.44. The van der Waals surface area contributed by atoms with Gasteiger partial charge in [-0.3, -0.25) is 13.9 Å². The third-order valence-electron chi connectivity index (χ3n) is 4.99. The molecule has 1 aromatic rings. The lowest BCUT2D eigenvalue weighted by Crippen LogP contribution is -2.45. The molecule has 1 heterocycles. The molecule has 1 fully saturated rings. The van der Waals surface area contributed by atoms with Crippen molar-refractivity contribution < 1.29 is 23.2 Å². The molecule has 3 N–H and O–H groups in total. The molecule has 1 aromatic heterocycles. The SMILES string of the molecule is COCC(C)(C)c1cc(NC(=O)C(C)(C)S(O)(O)C2CCCC2)no1. The number of carbonyl (C=O) groups is 1. The van der Waals surface area contributed by atoms with Gasteiger partial charge in [-0.05, 0) is 26.7 Å². The van der Waals surface area contributed by atoms with Crippen LogP contribution >= 0.6 is 10.6 Å². The summed E-state index contributed by atoms with van der Waals surface area (Å²) in [4.78, 5) is 12.7. The van der Waals surface area contributed by atoms with Gasteiger partial charge in [-0.15, -0.1) is 0 Å². The zero-order valence-corrected chi connectivity index (χ0v) is 16.5. The van der Waals surface area contributed by atoms with Crippen LogP contribution in [0.4, 0.5) is 5.82 Å². The third-order valence-corrected chi connectivity index (χ3v) is 8.08. The summed E-state index contributed by atoms with van der Waals surface area (Å²) in [5.41, 5.74) is -0.382. The van der Waals surface area contributed by atoms with Gasteiger partial charge >= 0.3 is 0 Å². The molecule has 144 valence electrons. The summed E-state index contributed by atoms with van der Waals surface area (Å²) in [5.74, 6) is 0.382. The van der Waals surface area contributed by atoms with E-state index in [9.17, 15) is 13.9 Å². The zero-order valence-electron chi connectivity index (χ0n) is 15.7. The standard InChI is InChI=1S/C17H30N2O5S/c1-16(2,11-23-5)13-10-14(19-24-13)18-15(20)17(3,4)25(21,22)12-8-6-7-9-12/h10,12,21-22H,6-9,11H2,1-5H3,(H,18,19,20). The number of hydrogen-bond donors (Lipinski definition) is 3. The number of carbonyl (C=O) groups excluding carboxylic acids is 1. The van der Waals surface area contributed by atoms with E-state index in [1.54, 1.807) is 27.0 Å². The van der Waals surface area contributed by atoms with Gasteiger partial charge in [0.2, 0.25) is 5.91 Å². The van der Waals surface area contributed by atoms with Crippen molar-refractivity contribution >= 4 is 22.3 Å². The van der Waals surface area contributed by atoms with E-state index in [4.69, 9.17) is 9.26 Å². The molecule has 1 amide bonds. The van der Waals surface area contributed by atoms with Crippen molar-refractivity contribution in [1.29, 1.82) is 0 Å². The molecule has 0 saturated heterocycles. The number of hydrogen-bond acceptors (Lipinski definition) is 6. The van der Waals surface area contributed by atoms with E-state index in [0.29, 0.717) is 12.4 Å². The molecule has 7 nitrogen and oxygen atoms in total. The van der Waals surface area contributed by atoms with Crippen molar-refractivity contribution in [3.8, 4) is 0 Å². The van der Waals surface area contributed by atoms with Crippen LogP contribution in [0.5, 0.6) is 0 Å². The number of rotatable bonds is 7. The third kappa shape index (κ3) is 4.02. The first-order valence-corrected chi connectivity index (χ1v) is 10.2. The molecule has 0 unspecified atom stereocenters. The highest BCUT2D eigenvalue weighted by Crippen LogP contribution is 2.60.